The van der Waals surface area contributed by atoms with Gasteiger partial charge in [0, 0.05) is 0 Å². The molecule has 2 bridgehead atoms. The Kier molecular flexibility index (Phi) is 14.0. The van der Waals surface area contributed by atoms with Crippen LogP contribution >= 0.6 is 25.8 Å². The molecule has 2 unspecified atom stereocenters. The van der Waals surface area contributed by atoms with Crippen LogP contribution < -0.4 is 23.8 Å². The van der Waals surface area contributed by atoms with Crippen LogP contribution in [-0.2, 0) is 52.8 Å². The van der Waals surface area contributed by atoms with Crippen LogP contribution in [-0.4, -0.2) is 110 Å². The van der Waals surface area contributed by atoms with Gasteiger partial charge in [0.15, 0.2) is 52.0 Å². The molecule has 0 radical (unpaired) electrons. The van der Waals surface area contributed by atoms with E-state index in [-0.39, 0.29) is 40.6 Å². The van der Waals surface area contributed by atoms with Crippen LogP contribution in [0.25, 0.3) is 22.3 Å². The van der Waals surface area contributed by atoms with Gasteiger partial charge in [-0.15, -0.1) is 0 Å². The lowest BCUT2D eigenvalue weighted by Crippen LogP contribution is -2.50. The van der Waals surface area contributed by atoms with Gasteiger partial charge in [-0.2, -0.15) is 0 Å². The second-order valence-electron chi connectivity index (χ2n) is 17.7. The molecule has 0 aliphatic carbocycles. The number of hydrogen-bond acceptors (Lipinski definition) is 20. The second-order valence-corrected chi connectivity index (χ2v) is 32.8. The Labute approximate surface area is 360 Å². The molecule has 0 saturated carbocycles. The van der Waals surface area contributed by atoms with Crippen molar-refractivity contribution in [3.63, 3.8) is 0 Å². The molecule has 3 saturated heterocycles. The number of fused-ring (bicyclic) bond motifs is 5. The Balaban J connectivity index is 0.00000341. The molecule has 7 heterocycles. The topological polar surface area (TPSA) is 320 Å². The highest BCUT2D eigenvalue weighted by Crippen LogP contribution is 2.59. The van der Waals surface area contributed by atoms with Gasteiger partial charge in [-0.25, -0.2) is 34.5 Å². The van der Waals surface area contributed by atoms with Gasteiger partial charge in [-0.3, -0.25) is 22.7 Å². The lowest BCUT2D eigenvalue weighted by molar-refractivity contribution is -0.0591. The number of rotatable bonds is 6. The molecule has 0 spiro atoms. The zero-order valence-corrected chi connectivity index (χ0v) is 40.9. The van der Waals surface area contributed by atoms with E-state index in [0.717, 1.165) is 0 Å². The van der Waals surface area contributed by atoms with Crippen LogP contribution in [0.1, 0.15) is 54.0 Å². The van der Waals surface area contributed by atoms with Crippen molar-refractivity contribution < 1.29 is 45.9 Å². The molecule has 336 valence electrons. The van der Waals surface area contributed by atoms with Gasteiger partial charge < -0.3 is 51.5 Å². The molecule has 22 nitrogen and oxygen atoms in total. The van der Waals surface area contributed by atoms with E-state index in [9.17, 15) is 9.46 Å². The fourth-order valence-electron chi connectivity index (χ4n) is 6.49. The maximum atomic E-state index is 14.5. The SMILES string of the molecule is CC(C)(C)[Si](C)(C)O[C@@H]1[C@@H]2OP(=O)(S)OC[C@H]3O[C@@H](n4cnc5c(N)ncnc54)[C@H](OP(O)(=S)OC[C@H]2O[C@H]1n1cnc2c(N)ncnc21)[C@@H]3O[Si](C)(C)C(C)(C)C.N.N. The predicted molar refractivity (Wildman–Crippen MR) is 236 cm³/mol. The van der Waals surface area contributed by atoms with Crippen molar-refractivity contribution in [2.24, 2.45) is 0 Å². The molecule has 10 atom stereocenters. The normalized spacial score (nSPS) is 32.1. The third-order valence-corrected chi connectivity index (χ3v) is 23.8. The van der Waals surface area contributed by atoms with Crippen LogP contribution in [0, 0.1) is 0 Å². The first-order chi connectivity index (χ1) is 26.8. The minimum atomic E-state index is -4.30. The van der Waals surface area contributed by atoms with Crippen molar-refractivity contribution in [1.82, 2.24) is 51.3 Å². The maximum Gasteiger partial charge on any atom is 0.386 e. The van der Waals surface area contributed by atoms with Gasteiger partial charge in [0.1, 0.15) is 60.3 Å². The van der Waals surface area contributed by atoms with Crippen molar-refractivity contribution in [3.8, 4) is 0 Å². The maximum absolute atomic E-state index is 14.5. The molecule has 0 aromatic carbocycles. The van der Waals surface area contributed by atoms with Crippen LogP contribution in [0.2, 0.25) is 36.3 Å². The number of nitrogens with two attached hydrogens (primary N) is 2. The molecular formula is C32H58N12O10P2S2Si2. The minimum absolute atomic E-state index is 0. The molecular weight excluding hydrogens is 895 g/mol. The van der Waals surface area contributed by atoms with Crippen molar-refractivity contribution in [3.05, 3.63) is 25.3 Å². The van der Waals surface area contributed by atoms with Crippen LogP contribution in [0.15, 0.2) is 25.3 Å². The first kappa shape index (κ1) is 48.9. The van der Waals surface area contributed by atoms with Crippen LogP contribution in [0.3, 0.4) is 0 Å². The summed E-state index contributed by atoms with van der Waals surface area (Å²) in [5, 5.41) is -0.543. The van der Waals surface area contributed by atoms with E-state index < -0.39 is 85.8 Å². The number of nitrogens with zero attached hydrogens (tertiary/aromatic N) is 8. The van der Waals surface area contributed by atoms with Gasteiger partial charge in [0.25, 0.3) is 0 Å². The zero-order chi connectivity index (χ0) is 42.4. The van der Waals surface area contributed by atoms with Crippen molar-refractivity contribution in [2.45, 2.75) is 127 Å². The number of ether oxygens (including phenoxy) is 2. The highest BCUT2D eigenvalue weighted by Gasteiger charge is 2.57. The third kappa shape index (κ3) is 9.41. The Hall–Kier alpha value is -2.08. The van der Waals surface area contributed by atoms with E-state index in [1.807, 2.05) is 0 Å². The van der Waals surface area contributed by atoms with E-state index in [1.165, 1.54) is 25.3 Å². The van der Waals surface area contributed by atoms with Crippen molar-refractivity contribution >= 4 is 88.2 Å². The summed E-state index contributed by atoms with van der Waals surface area (Å²) < 4.78 is 70.1. The Morgan fingerprint density at radius 2 is 1.22 bits per heavy atom. The smallest absolute Gasteiger partial charge is 0.386 e. The van der Waals surface area contributed by atoms with Crippen molar-refractivity contribution in [1.29, 1.82) is 0 Å². The molecule has 7 rings (SSSR count). The molecule has 3 aliphatic heterocycles. The highest BCUT2D eigenvalue weighted by atomic mass is 32.7. The van der Waals surface area contributed by atoms with Crippen molar-refractivity contribution in [2.75, 3.05) is 24.7 Å². The van der Waals surface area contributed by atoms with E-state index in [4.69, 9.17) is 59.7 Å². The summed E-state index contributed by atoms with van der Waals surface area (Å²) in [6.07, 6.45) is -2.64. The Bertz CT molecular complexity index is 2280. The van der Waals surface area contributed by atoms with Gasteiger partial charge in [-0.1, -0.05) is 53.8 Å². The lowest BCUT2D eigenvalue weighted by Gasteiger charge is -2.41. The standard InChI is InChI=1S/C32H52N10O10P2S2Si2.2H3N/c1-31(2,3)57(7,8)51-22-18-12-46-53(43,55)49-21-17(11-45-54(44,56)50-23(22)29(48-18)41-15-39-19-25(33)35-13-37-27(19)41)47-30(24(21)52-58(9,10)32(4,5)6)42-16-40-20-26(34)36-14-38-28(20)42;;/h13-18,21-24,29-30H,11-12H2,1-10H3,(H,43,55)(H,44,56)(H2,33,35,37)(H2,34,36,38);2*1H3/t17-,18-,21-,22-,23-,24-,29-,30-,53?,54?;;/m1../s1. The summed E-state index contributed by atoms with van der Waals surface area (Å²) in [6.45, 7) is 11.5. The molecule has 0 amide bonds. The molecule has 4 aromatic heterocycles. The summed E-state index contributed by atoms with van der Waals surface area (Å²) in [4.78, 5) is 37.7. The molecule has 60 heavy (non-hydrogen) atoms. The zero-order valence-electron chi connectivity index (χ0n) is 35.4. The first-order valence-electron chi connectivity index (χ1n) is 18.6. The Morgan fingerprint density at radius 1 is 0.750 bits per heavy atom. The van der Waals surface area contributed by atoms with Gasteiger partial charge in [0.2, 0.25) is 0 Å². The summed E-state index contributed by atoms with van der Waals surface area (Å²) in [5.74, 6) is 0.321. The lowest BCUT2D eigenvalue weighted by atomic mass is 10.1. The fraction of sp³-hybridized carbons (Fsp3) is 0.688. The Morgan fingerprint density at radius 3 is 1.73 bits per heavy atom. The monoisotopic (exact) mass is 952 g/mol. The van der Waals surface area contributed by atoms with Gasteiger partial charge >= 0.3 is 13.5 Å². The average molecular weight is 953 g/mol. The number of thiol groups is 1. The second kappa shape index (κ2) is 17.1. The number of nitrogen functional groups attached to an aromatic ring is 2. The number of anilines is 2. The number of imidazole rings is 2. The summed E-state index contributed by atoms with van der Waals surface area (Å²) in [7, 11) is -5.26. The summed E-state index contributed by atoms with van der Waals surface area (Å²) in [5.41, 5.74) is 13.6. The number of hydrogen-bond donors (Lipinski definition) is 6. The largest absolute Gasteiger partial charge is 0.408 e. The number of aromatic nitrogens is 8. The van der Waals surface area contributed by atoms with Gasteiger partial charge in [-0.05, 0) is 48.1 Å². The van der Waals surface area contributed by atoms with E-state index in [0.29, 0.717) is 22.3 Å². The third-order valence-electron chi connectivity index (χ3n) is 11.7. The van der Waals surface area contributed by atoms with E-state index >= 15 is 0 Å². The van der Waals surface area contributed by atoms with E-state index in [2.05, 4.69) is 110 Å². The highest BCUT2D eigenvalue weighted by molar-refractivity contribution is 8.44. The molecule has 11 N–H and O–H groups in total. The molecule has 4 aromatic rings. The van der Waals surface area contributed by atoms with E-state index in [1.54, 1.807) is 9.13 Å². The summed E-state index contributed by atoms with van der Waals surface area (Å²) >= 11 is 10.2. The quantitative estimate of drug-likeness (QED) is 0.0755. The minimum Gasteiger partial charge on any atom is -0.408 e. The molecule has 3 aliphatic rings. The van der Waals surface area contributed by atoms with Crippen LogP contribution in [0.5, 0.6) is 0 Å². The summed E-state index contributed by atoms with van der Waals surface area (Å²) in [6, 6.07) is 0. The van der Waals surface area contributed by atoms with Gasteiger partial charge in [0.05, 0.1) is 25.9 Å². The van der Waals surface area contributed by atoms with Crippen LogP contribution in [0.4, 0.5) is 11.6 Å². The first-order valence-corrected chi connectivity index (χ1v) is 29.7. The fourth-order valence-corrected chi connectivity index (χ4v) is 12.0. The average Bonchev–Trinajstić information content (AvgIpc) is 3.87. The molecule has 28 heteroatoms. The predicted octanol–water partition coefficient (Wildman–Crippen LogP) is 5.80. The molecule has 3 fully saturated rings.